The summed E-state index contributed by atoms with van der Waals surface area (Å²) >= 11 is 0. The average Bonchev–Trinajstić information content (AvgIpc) is 4.09. The SMILES string of the molecule is C=C[C@@H]1C[C@]1(CC(=O)C1CC(Oc2nccc3cc(OC)ccc23)CN1C(=O)[C@@H](CC(=O)OC(C)(C)C)C(C)(C)C)C(=O)NS(=O)(=O)OC1(C)CC1.CC(C)(C)OC(=O)Oc1ccc([N+](=O)[O-])cc1. The maximum atomic E-state index is 14.5. The maximum Gasteiger partial charge on any atom is 0.514 e. The highest BCUT2D eigenvalue weighted by Gasteiger charge is 2.61. The Morgan fingerprint density at radius 1 is 0.957 bits per heavy atom. The molecule has 2 unspecified atom stereocenters. The quantitative estimate of drug-likeness (QED) is 0.0470. The molecule has 20 heteroatoms. The molecule has 2 heterocycles. The van der Waals surface area contributed by atoms with Crippen LogP contribution in [0.1, 0.15) is 108 Å². The van der Waals surface area contributed by atoms with Crippen molar-refractivity contribution in [3.05, 3.63) is 77.5 Å². The van der Waals surface area contributed by atoms with E-state index in [0.717, 1.165) is 5.39 Å². The van der Waals surface area contributed by atoms with Crippen molar-refractivity contribution >= 4 is 56.5 Å². The van der Waals surface area contributed by atoms with Gasteiger partial charge in [0.1, 0.15) is 28.8 Å². The number of carbonyl (C=O) groups excluding carboxylic acids is 5. The third-order valence-electron chi connectivity index (χ3n) is 11.7. The number of pyridine rings is 1. The summed E-state index contributed by atoms with van der Waals surface area (Å²) in [6.07, 6.45) is 2.43. The molecule has 0 spiro atoms. The number of esters is 1. The van der Waals surface area contributed by atoms with E-state index in [2.05, 4.69) is 11.6 Å². The zero-order chi connectivity index (χ0) is 51.5. The van der Waals surface area contributed by atoms with Crippen LogP contribution in [0.2, 0.25) is 0 Å². The normalized spacial score (nSPS) is 21.1. The van der Waals surface area contributed by atoms with Gasteiger partial charge in [0.05, 0.1) is 48.0 Å². The molecule has 19 nitrogen and oxygen atoms in total. The van der Waals surface area contributed by atoms with E-state index in [1.807, 2.05) is 43.7 Å². The van der Waals surface area contributed by atoms with Crippen molar-refractivity contribution in [2.24, 2.45) is 22.7 Å². The van der Waals surface area contributed by atoms with Gasteiger partial charge < -0.3 is 28.6 Å². The Morgan fingerprint density at radius 3 is 2.12 bits per heavy atom. The summed E-state index contributed by atoms with van der Waals surface area (Å²) in [5, 5.41) is 11.9. The lowest BCUT2D eigenvalue weighted by Crippen LogP contribution is -2.49. The number of nitro groups is 1. The number of rotatable bonds is 16. The predicted molar refractivity (Wildman–Crippen MR) is 252 cm³/mol. The number of amides is 2. The number of nitrogens with one attached hydrogen (secondary N) is 1. The minimum atomic E-state index is -4.44. The highest BCUT2D eigenvalue weighted by atomic mass is 32.2. The van der Waals surface area contributed by atoms with Crippen LogP contribution in [0.25, 0.3) is 10.8 Å². The number of Topliss-reactive ketones (excluding diaryl/α,β-unsaturated/α-hetero) is 1. The Bertz CT molecular complexity index is 2560. The van der Waals surface area contributed by atoms with E-state index >= 15 is 0 Å². The van der Waals surface area contributed by atoms with E-state index in [9.17, 15) is 42.5 Å². The first kappa shape index (κ1) is 53.8. The number of hydrogen-bond donors (Lipinski definition) is 1. The largest absolute Gasteiger partial charge is 0.514 e. The molecule has 3 aliphatic rings. The summed E-state index contributed by atoms with van der Waals surface area (Å²) in [7, 11) is -2.86. The smallest absolute Gasteiger partial charge is 0.497 e. The van der Waals surface area contributed by atoms with Gasteiger partial charge in [0, 0.05) is 36.6 Å². The van der Waals surface area contributed by atoms with Crippen molar-refractivity contribution in [3.63, 3.8) is 0 Å². The summed E-state index contributed by atoms with van der Waals surface area (Å²) in [6, 6.07) is 11.4. The Kier molecular flexibility index (Phi) is 15.9. The number of aromatic nitrogens is 1. The molecule has 0 bridgehead atoms. The number of ether oxygens (including phenoxy) is 5. The molecule has 1 saturated heterocycles. The van der Waals surface area contributed by atoms with Crippen molar-refractivity contribution in [1.82, 2.24) is 14.6 Å². The Hall–Kier alpha value is -6.15. The molecule has 2 amide bonds. The number of allylic oxidation sites excluding steroid dienone is 1. The molecule has 3 fully saturated rings. The number of non-ortho nitro benzene ring substituents is 1. The molecule has 1 aromatic heterocycles. The van der Waals surface area contributed by atoms with Crippen LogP contribution in [0.5, 0.6) is 17.4 Å². The summed E-state index contributed by atoms with van der Waals surface area (Å²) < 4.78 is 59.8. The lowest BCUT2D eigenvalue weighted by atomic mass is 9.77. The van der Waals surface area contributed by atoms with Gasteiger partial charge in [-0.05, 0) is 121 Å². The zero-order valence-corrected chi connectivity index (χ0v) is 41.9. The van der Waals surface area contributed by atoms with Crippen LogP contribution in [0.15, 0.2) is 67.4 Å². The number of likely N-dealkylation sites (tertiary alicyclic amines) is 1. The van der Waals surface area contributed by atoms with Crippen LogP contribution < -0.4 is 18.9 Å². The first-order valence-electron chi connectivity index (χ1n) is 22.6. The van der Waals surface area contributed by atoms with E-state index in [1.165, 1.54) is 35.2 Å². The molecule has 6 rings (SSSR count). The van der Waals surface area contributed by atoms with E-state index in [1.54, 1.807) is 67.8 Å². The molecule has 5 atom stereocenters. The summed E-state index contributed by atoms with van der Waals surface area (Å²) in [4.78, 5) is 82.6. The number of fused-ring (bicyclic) bond motifs is 1. The Morgan fingerprint density at radius 2 is 1.58 bits per heavy atom. The van der Waals surface area contributed by atoms with E-state index < -0.39 is 96.6 Å². The standard InChI is InChI=1S/C38H51N3O10S.C11H13NO5/c1-10-24-20-38(24,34(45)40-52(46,47)51-37(8)14-15-37)21-30(42)29-18-26(49-32-27-12-11-25(48-9)17-23(27)13-16-39-32)22-41(29)33(44)28(35(2,3)4)19-31(43)50-36(5,6)7;1-11(2,3)17-10(13)16-9-6-4-8(5-7-9)12(14)15/h10-13,16-17,24,26,28-29H,1,14-15,18-22H2,2-9H3,(H,40,45);4-7H,1-3H3/t24-,26?,28-,29?,38-;/m1./s1. The van der Waals surface area contributed by atoms with Crippen LogP contribution in [0, 0.1) is 32.8 Å². The number of methoxy groups -OCH3 is 1. The molecular weight excluding hydrogens is 917 g/mol. The minimum Gasteiger partial charge on any atom is -0.497 e. The van der Waals surface area contributed by atoms with Gasteiger partial charge in [0.25, 0.3) is 5.69 Å². The minimum absolute atomic E-state index is 0.00917. The molecule has 2 saturated carbocycles. The number of ketones is 1. The molecular formula is C49H64N4O15S. The van der Waals surface area contributed by atoms with Gasteiger partial charge in [-0.1, -0.05) is 26.8 Å². The molecule has 3 aromatic rings. The molecule has 0 radical (unpaired) electrons. The second-order valence-corrected chi connectivity index (χ2v) is 22.3. The van der Waals surface area contributed by atoms with Crippen molar-refractivity contribution in [3.8, 4) is 17.4 Å². The zero-order valence-electron chi connectivity index (χ0n) is 41.1. The molecule has 69 heavy (non-hydrogen) atoms. The topological polar surface area (TPSA) is 246 Å². The maximum absolute atomic E-state index is 14.5. The molecule has 1 aliphatic heterocycles. The van der Waals surface area contributed by atoms with E-state index in [4.69, 9.17) is 27.9 Å². The molecule has 1 N–H and O–H groups in total. The molecule has 376 valence electrons. The lowest BCUT2D eigenvalue weighted by Gasteiger charge is -2.35. The van der Waals surface area contributed by atoms with Gasteiger partial charge in [0.15, 0.2) is 5.78 Å². The first-order valence-corrected chi connectivity index (χ1v) is 24.0. The number of carbonyl (C=O) groups is 5. The van der Waals surface area contributed by atoms with Crippen LogP contribution in [0.4, 0.5) is 10.5 Å². The van der Waals surface area contributed by atoms with Crippen molar-refractivity contribution in [2.75, 3.05) is 13.7 Å². The van der Waals surface area contributed by atoms with E-state index in [-0.39, 0.29) is 43.7 Å². The predicted octanol–water partition coefficient (Wildman–Crippen LogP) is 7.98. The lowest BCUT2D eigenvalue weighted by molar-refractivity contribution is -0.384. The van der Waals surface area contributed by atoms with Crippen LogP contribution in [-0.2, 0) is 43.1 Å². The fourth-order valence-electron chi connectivity index (χ4n) is 7.83. The second-order valence-electron chi connectivity index (χ2n) is 21.0. The highest BCUT2D eigenvalue weighted by Crippen LogP contribution is 2.57. The third kappa shape index (κ3) is 14.7. The van der Waals surface area contributed by atoms with Crippen LogP contribution >= 0.6 is 0 Å². The summed E-state index contributed by atoms with van der Waals surface area (Å²) in [5.74, 6) is -2.42. The highest BCUT2D eigenvalue weighted by molar-refractivity contribution is 7.85. The van der Waals surface area contributed by atoms with Gasteiger partial charge in [-0.3, -0.25) is 29.3 Å². The summed E-state index contributed by atoms with van der Waals surface area (Å²) in [6.45, 7) is 21.4. The number of benzene rings is 2. The van der Waals surface area contributed by atoms with Crippen LogP contribution in [0.3, 0.4) is 0 Å². The first-order chi connectivity index (χ1) is 31.9. The number of nitro benzene ring substituents is 1. The fourth-order valence-corrected chi connectivity index (χ4v) is 9.00. The van der Waals surface area contributed by atoms with Crippen molar-refractivity contribution in [2.45, 2.75) is 137 Å². The molecule has 2 aromatic carbocycles. The average molecular weight is 981 g/mol. The second kappa shape index (κ2) is 20.4. The summed E-state index contributed by atoms with van der Waals surface area (Å²) in [5.41, 5.74) is -4.42. The van der Waals surface area contributed by atoms with Crippen molar-refractivity contribution < 1.29 is 65.2 Å². The van der Waals surface area contributed by atoms with E-state index in [0.29, 0.717) is 29.9 Å². The molecule has 2 aliphatic carbocycles. The number of nitrogens with zero attached hydrogens (tertiary/aromatic N) is 3. The van der Waals surface area contributed by atoms with Gasteiger partial charge in [-0.25, -0.2) is 18.7 Å². The third-order valence-corrected chi connectivity index (χ3v) is 12.8. The van der Waals surface area contributed by atoms with Gasteiger partial charge in [-0.2, -0.15) is 8.42 Å². The van der Waals surface area contributed by atoms with Gasteiger partial charge in [-0.15, -0.1) is 6.58 Å². The van der Waals surface area contributed by atoms with Gasteiger partial charge >= 0.3 is 22.4 Å². The Balaban J connectivity index is 0.000000441. The monoisotopic (exact) mass is 980 g/mol. The van der Waals surface area contributed by atoms with Crippen LogP contribution in [-0.4, -0.2) is 95.6 Å². The Labute approximate surface area is 403 Å². The number of hydrogen-bond acceptors (Lipinski definition) is 16. The van der Waals surface area contributed by atoms with Gasteiger partial charge in [0.2, 0.25) is 17.7 Å². The fraction of sp³-hybridized carbons (Fsp3) is 0.551. The van der Waals surface area contributed by atoms with Crippen molar-refractivity contribution in [1.29, 1.82) is 0 Å².